The van der Waals surface area contributed by atoms with Crippen LogP contribution in [0.2, 0.25) is 0 Å². The maximum atomic E-state index is 12.8. The maximum absolute atomic E-state index is 12.8. The summed E-state index contributed by atoms with van der Waals surface area (Å²) < 4.78 is 0. The van der Waals surface area contributed by atoms with Crippen molar-refractivity contribution in [1.29, 1.82) is 0 Å². The molecule has 21 heavy (non-hydrogen) atoms. The van der Waals surface area contributed by atoms with Crippen LogP contribution in [0.25, 0.3) is 0 Å². The molecule has 0 aliphatic carbocycles. The van der Waals surface area contributed by atoms with Crippen molar-refractivity contribution in [2.45, 2.75) is 40.7 Å². The first-order valence-electron chi connectivity index (χ1n) is 7.16. The number of carbonyl (C=O) groups excluding carboxylic acids is 1. The Balaban J connectivity index is 3.20. The summed E-state index contributed by atoms with van der Waals surface area (Å²) in [4.78, 5) is 14.5. The highest BCUT2D eigenvalue weighted by Gasteiger charge is 2.28. The van der Waals surface area contributed by atoms with Crippen molar-refractivity contribution in [3.63, 3.8) is 0 Å². The van der Waals surface area contributed by atoms with Crippen LogP contribution >= 0.6 is 0 Å². The second-order valence-corrected chi connectivity index (χ2v) is 6.47. The van der Waals surface area contributed by atoms with Gasteiger partial charge < -0.3 is 10.0 Å². The minimum absolute atomic E-state index is 0.00513. The van der Waals surface area contributed by atoms with Crippen molar-refractivity contribution < 1.29 is 9.90 Å². The van der Waals surface area contributed by atoms with Gasteiger partial charge in [0.2, 0.25) is 0 Å². The van der Waals surface area contributed by atoms with E-state index in [2.05, 4.69) is 32.6 Å². The SMILES string of the molecule is Cc1ccc(C#CCO)c(C(=O)N(C)C(C)C(C)(C)C)c1. The fraction of sp³-hybridized carbons (Fsp3) is 0.500. The average molecular weight is 287 g/mol. The van der Waals surface area contributed by atoms with Crippen molar-refractivity contribution in [3.8, 4) is 11.8 Å². The molecular formula is C18H25NO2. The highest BCUT2D eigenvalue weighted by molar-refractivity contribution is 5.97. The van der Waals surface area contributed by atoms with Gasteiger partial charge in [-0.3, -0.25) is 4.79 Å². The molecule has 3 heteroatoms. The maximum Gasteiger partial charge on any atom is 0.255 e. The van der Waals surface area contributed by atoms with E-state index in [1.807, 2.05) is 39.1 Å². The molecule has 114 valence electrons. The van der Waals surface area contributed by atoms with Gasteiger partial charge in [-0.25, -0.2) is 0 Å². The van der Waals surface area contributed by atoms with Crippen LogP contribution in [0.15, 0.2) is 18.2 Å². The summed E-state index contributed by atoms with van der Waals surface area (Å²) in [6, 6.07) is 5.71. The van der Waals surface area contributed by atoms with E-state index in [1.54, 1.807) is 4.90 Å². The van der Waals surface area contributed by atoms with E-state index in [4.69, 9.17) is 5.11 Å². The zero-order valence-corrected chi connectivity index (χ0v) is 13.8. The first-order chi connectivity index (χ1) is 9.68. The summed E-state index contributed by atoms with van der Waals surface area (Å²) in [5.74, 6) is 5.43. The van der Waals surface area contributed by atoms with Gasteiger partial charge in [0.25, 0.3) is 5.91 Å². The van der Waals surface area contributed by atoms with Crippen LogP contribution < -0.4 is 0 Å². The second-order valence-electron chi connectivity index (χ2n) is 6.47. The van der Waals surface area contributed by atoms with Gasteiger partial charge in [-0.1, -0.05) is 44.2 Å². The third kappa shape index (κ3) is 4.34. The quantitative estimate of drug-likeness (QED) is 0.850. The number of benzene rings is 1. The van der Waals surface area contributed by atoms with Crippen LogP contribution in [0.5, 0.6) is 0 Å². The molecule has 1 rings (SSSR count). The Labute approximate surface area is 128 Å². The van der Waals surface area contributed by atoms with Crippen molar-refractivity contribution >= 4 is 5.91 Å². The van der Waals surface area contributed by atoms with Crippen LogP contribution in [-0.2, 0) is 0 Å². The van der Waals surface area contributed by atoms with E-state index in [-0.39, 0.29) is 24.0 Å². The molecule has 1 N–H and O–H groups in total. The van der Waals surface area contributed by atoms with Gasteiger partial charge in [-0.2, -0.15) is 0 Å². The van der Waals surface area contributed by atoms with E-state index >= 15 is 0 Å². The molecule has 0 aliphatic heterocycles. The van der Waals surface area contributed by atoms with Gasteiger partial charge in [0, 0.05) is 18.7 Å². The Bertz CT molecular complexity index is 573. The van der Waals surface area contributed by atoms with Crippen LogP contribution in [0.1, 0.15) is 49.2 Å². The van der Waals surface area contributed by atoms with Crippen LogP contribution in [0, 0.1) is 24.2 Å². The van der Waals surface area contributed by atoms with Crippen molar-refractivity contribution in [3.05, 3.63) is 34.9 Å². The highest BCUT2D eigenvalue weighted by atomic mass is 16.2. The number of amides is 1. The molecule has 1 unspecified atom stereocenters. The summed E-state index contributed by atoms with van der Waals surface area (Å²) in [6.07, 6.45) is 0. The zero-order valence-electron chi connectivity index (χ0n) is 13.8. The lowest BCUT2D eigenvalue weighted by molar-refractivity contribution is 0.0629. The highest BCUT2D eigenvalue weighted by Crippen LogP contribution is 2.25. The topological polar surface area (TPSA) is 40.5 Å². The monoisotopic (exact) mass is 287 g/mol. The number of hydrogen-bond acceptors (Lipinski definition) is 2. The Morgan fingerprint density at radius 2 is 2.00 bits per heavy atom. The number of nitrogens with zero attached hydrogens (tertiary/aromatic N) is 1. The number of hydrogen-bond donors (Lipinski definition) is 1. The smallest absolute Gasteiger partial charge is 0.255 e. The van der Waals surface area contributed by atoms with E-state index in [0.29, 0.717) is 11.1 Å². The number of aliphatic hydroxyl groups is 1. The van der Waals surface area contributed by atoms with Gasteiger partial charge in [-0.05, 0) is 31.4 Å². The van der Waals surface area contributed by atoms with E-state index < -0.39 is 0 Å². The Hall–Kier alpha value is -1.79. The van der Waals surface area contributed by atoms with Crippen molar-refractivity contribution in [1.82, 2.24) is 4.90 Å². The lowest BCUT2D eigenvalue weighted by Gasteiger charge is -2.35. The van der Waals surface area contributed by atoms with Gasteiger partial charge >= 0.3 is 0 Å². The largest absolute Gasteiger partial charge is 0.384 e. The van der Waals surface area contributed by atoms with E-state index in [9.17, 15) is 4.79 Å². The first-order valence-corrected chi connectivity index (χ1v) is 7.16. The molecule has 0 saturated heterocycles. The normalized spacial score (nSPS) is 12.3. The van der Waals surface area contributed by atoms with Crippen molar-refractivity contribution in [2.24, 2.45) is 5.41 Å². The molecule has 1 aromatic carbocycles. The summed E-state index contributed by atoms with van der Waals surface area (Å²) in [7, 11) is 1.82. The molecule has 0 heterocycles. The summed E-state index contributed by atoms with van der Waals surface area (Å²) >= 11 is 0. The fourth-order valence-corrected chi connectivity index (χ4v) is 2.03. The van der Waals surface area contributed by atoms with Gasteiger partial charge in [0.1, 0.15) is 6.61 Å². The molecule has 0 bridgehead atoms. The average Bonchev–Trinajstić information content (AvgIpc) is 2.42. The minimum atomic E-state index is -0.213. The molecular weight excluding hydrogens is 262 g/mol. The third-order valence-electron chi connectivity index (χ3n) is 3.86. The van der Waals surface area contributed by atoms with Crippen molar-refractivity contribution in [2.75, 3.05) is 13.7 Å². The summed E-state index contributed by atoms with van der Waals surface area (Å²) in [6.45, 7) is 10.1. The standard InChI is InChI=1S/C18H25NO2/c1-13-9-10-15(8-7-11-20)16(12-13)17(21)19(6)14(2)18(3,4)5/h9-10,12,14,20H,11H2,1-6H3. The number of aliphatic hydroxyl groups excluding tert-OH is 1. The fourth-order valence-electron chi connectivity index (χ4n) is 2.03. The van der Waals surface area contributed by atoms with Crippen LogP contribution in [-0.4, -0.2) is 35.6 Å². The zero-order chi connectivity index (χ0) is 16.2. The Kier molecular flexibility index (Phi) is 5.57. The predicted molar refractivity (Wildman–Crippen MR) is 86.2 cm³/mol. The van der Waals surface area contributed by atoms with Gasteiger partial charge in [0.05, 0.1) is 5.56 Å². The molecule has 0 spiro atoms. The number of aryl methyl sites for hydroxylation is 1. The molecule has 0 radical (unpaired) electrons. The van der Waals surface area contributed by atoms with Gasteiger partial charge in [-0.15, -0.1) is 0 Å². The molecule has 0 saturated carbocycles. The van der Waals surface area contributed by atoms with Crippen LogP contribution in [0.4, 0.5) is 0 Å². The van der Waals surface area contributed by atoms with Gasteiger partial charge in [0.15, 0.2) is 0 Å². The second kappa shape index (κ2) is 6.78. The van der Waals surface area contributed by atoms with E-state index in [0.717, 1.165) is 5.56 Å². The molecule has 1 atom stereocenters. The summed E-state index contributed by atoms with van der Waals surface area (Å²) in [5.41, 5.74) is 2.28. The first kappa shape index (κ1) is 17.3. The lowest BCUT2D eigenvalue weighted by atomic mass is 9.86. The molecule has 0 fully saturated rings. The molecule has 1 aromatic rings. The summed E-state index contributed by atoms with van der Waals surface area (Å²) in [5, 5.41) is 8.85. The Morgan fingerprint density at radius 3 is 2.52 bits per heavy atom. The Morgan fingerprint density at radius 1 is 1.38 bits per heavy atom. The minimum Gasteiger partial charge on any atom is -0.384 e. The number of carbonyl (C=O) groups is 1. The third-order valence-corrected chi connectivity index (χ3v) is 3.86. The molecule has 0 aromatic heterocycles. The molecule has 3 nitrogen and oxygen atoms in total. The predicted octanol–water partition coefficient (Wildman–Crippen LogP) is 2.85. The molecule has 0 aliphatic rings. The lowest BCUT2D eigenvalue weighted by Crippen LogP contribution is -2.43. The van der Waals surface area contributed by atoms with E-state index in [1.165, 1.54) is 0 Å². The molecule has 1 amide bonds. The number of rotatable bonds is 2. The van der Waals surface area contributed by atoms with Crippen LogP contribution in [0.3, 0.4) is 0 Å².